The molecule has 128 valence electrons. The van der Waals surface area contributed by atoms with Crippen LogP contribution in [0.5, 0.6) is 5.75 Å². The van der Waals surface area contributed by atoms with Gasteiger partial charge in [0.15, 0.2) is 0 Å². The maximum absolute atomic E-state index is 12.0. The Balaban J connectivity index is 2.01. The van der Waals surface area contributed by atoms with Gasteiger partial charge in [-0.15, -0.1) is 0 Å². The predicted octanol–water partition coefficient (Wildman–Crippen LogP) is 2.50. The van der Waals surface area contributed by atoms with Gasteiger partial charge in [0, 0.05) is 12.1 Å². The number of methoxy groups -OCH3 is 1. The molecule has 0 heterocycles. The number of nitrogens with zero attached hydrogens (tertiary/aromatic N) is 2. The number of nitrogens with one attached hydrogen (secondary N) is 1. The first-order valence-corrected chi connectivity index (χ1v) is 6.93. The van der Waals surface area contributed by atoms with Crippen molar-refractivity contribution in [3.63, 3.8) is 0 Å². The molecule has 0 saturated carbocycles. The van der Waals surface area contributed by atoms with Crippen molar-refractivity contribution in [3.05, 3.63) is 69.8 Å². The van der Waals surface area contributed by atoms with Crippen LogP contribution in [0, 0.1) is 10.1 Å². The van der Waals surface area contributed by atoms with Crippen LogP contribution in [0.3, 0.4) is 0 Å². The standard InChI is InChI=1S/C16H13N3O6/c1-24-16(21)18-17-10-11-5-7-14(8-6-11)25-15(20)12-3-2-4-13(9-12)19(22)23/h2-10H,1H3,(H,18,21)/b17-10-. The number of amides is 1. The molecule has 0 spiro atoms. The highest BCUT2D eigenvalue weighted by Crippen LogP contribution is 2.17. The Morgan fingerprint density at radius 3 is 2.56 bits per heavy atom. The molecule has 0 bridgehead atoms. The van der Waals surface area contributed by atoms with Crippen molar-refractivity contribution in [2.24, 2.45) is 5.10 Å². The molecule has 0 aliphatic rings. The van der Waals surface area contributed by atoms with Crippen LogP contribution in [0.2, 0.25) is 0 Å². The van der Waals surface area contributed by atoms with Crippen LogP contribution in [0.1, 0.15) is 15.9 Å². The number of hydrogen-bond acceptors (Lipinski definition) is 7. The first kappa shape index (κ1) is 17.6. The van der Waals surface area contributed by atoms with Crippen molar-refractivity contribution in [1.29, 1.82) is 0 Å². The van der Waals surface area contributed by atoms with Crippen LogP contribution >= 0.6 is 0 Å². The molecule has 0 aliphatic heterocycles. The van der Waals surface area contributed by atoms with Gasteiger partial charge in [-0.2, -0.15) is 5.10 Å². The number of nitro groups is 1. The highest BCUT2D eigenvalue weighted by Gasteiger charge is 2.13. The fraction of sp³-hybridized carbons (Fsp3) is 0.0625. The van der Waals surface area contributed by atoms with Gasteiger partial charge in [0.1, 0.15) is 5.75 Å². The Morgan fingerprint density at radius 1 is 1.20 bits per heavy atom. The second-order valence-electron chi connectivity index (χ2n) is 4.63. The third kappa shape index (κ3) is 5.13. The van der Waals surface area contributed by atoms with Crippen LogP contribution in [-0.2, 0) is 4.74 Å². The van der Waals surface area contributed by atoms with Crippen molar-refractivity contribution in [2.75, 3.05) is 7.11 Å². The largest absolute Gasteiger partial charge is 0.452 e. The van der Waals surface area contributed by atoms with Crippen molar-refractivity contribution in [1.82, 2.24) is 5.43 Å². The molecule has 0 saturated heterocycles. The van der Waals surface area contributed by atoms with E-state index < -0.39 is 17.0 Å². The molecule has 0 radical (unpaired) electrons. The molecule has 1 N–H and O–H groups in total. The molecule has 2 aromatic carbocycles. The van der Waals surface area contributed by atoms with Gasteiger partial charge in [0.2, 0.25) is 0 Å². The molecule has 1 amide bonds. The summed E-state index contributed by atoms with van der Waals surface area (Å²) in [6.45, 7) is 0. The summed E-state index contributed by atoms with van der Waals surface area (Å²) in [5.74, 6) is -0.452. The zero-order valence-corrected chi connectivity index (χ0v) is 13.0. The SMILES string of the molecule is COC(=O)N/N=C\c1ccc(OC(=O)c2cccc([N+](=O)[O-])c2)cc1. The number of hydrogen-bond donors (Lipinski definition) is 1. The molecule has 25 heavy (non-hydrogen) atoms. The monoisotopic (exact) mass is 343 g/mol. The zero-order chi connectivity index (χ0) is 18.2. The third-order valence-electron chi connectivity index (χ3n) is 2.94. The van der Waals surface area contributed by atoms with Gasteiger partial charge < -0.3 is 9.47 Å². The Hall–Kier alpha value is -3.75. The molecule has 0 aromatic heterocycles. The quantitative estimate of drug-likeness (QED) is 0.293. The second kappa shape index (κ2) is 8.20. The first-order chi connectivity index (χ1) is 12.0. The van der Waals surface area contributed by atoms with Crippen LogP contribution < -0.4 is 10.2 Å². The number of benzene rings is 2. The lowest BCUT2D eigenvalue weighted by atomic mass is 10.2. The molecule has 0 fully saturated rings. The molecule has 9 nitrogen and oxygen atoms in total. The summed E-state index contributed by atoms with van der Waals surface area (Å²) in [6, 6.07) is 11.5. The average molecular weight is 343 g/mol. The van der Waals surface area contributed by atoms with E-state index >= 15 is 0 Å². The minimum absolute atomic E-state index is 0.0714. The molecule has 2 rings (SSSR count). The van der Waals surface area contributed by atoms with Crippen molar-refractivity contribution >= 4 is 24.0 Å². The van der Waals surface area contributed by atoms with Gasteiger partial charge in [0.05, 0.1) is 23.8 Å². The van der Waals surface area contributed by atoms with E-state index in [0.717, 1.165) is 6.07 Å². The van der Waals surface area contributed by atoms with Crippen LogP contribution in [0.25, 0.3) is 0 Å². The fourth-order valence-corrected chi connectivity index (χ4v) is 1.74. The van der Waals surface area contributed by atoms with Crippen LogP contribution in [0.4, 0.5) is 10.5 Å². The highest BCUT2D eigenvalue weighted by molar-refractivity contribution is 5.91. The molecular formula is C16H13N3O6. The molecule has 9 heteroatoms. The van der Waals surface area contributed by atoms with Gasteiger partial charge in [-0.3, -0.25) is 10.1 Å². The summed E-state index contributed by atoms with van der Waals surface area (Å²) in [5, 5.41) is 14.4. The van der Waals surface area contributed by atoms with Gasteiger partial charge >= 0.3 is 12.1 Å². The van der Waals surface area contributed by atoms with Crippen molar-refractivity contribution < 1.29 is 24.0 Å². The third-order valence-corrected chi connectivity index (χ3v) is 2.94. The predicted molar refractivity (Wildman–Crippen MR) is 87.6 cm³/mol. The van der Waals surface area contributed by atoms with E-state index in [0.29, 0.717) is 5.56 Å². The summed E-state index contributed by atoms with van der Waals surface area (Å²) < 4.78 is 9.51. The van der Waals surface area contributed by atoms with E-state index in [1.54, 1.807) is 12.1 Å². The molecule has 0 unspecified atom stereocenters. The smallest absolute Gasteiger partial charge is 0.427 e. The van der Waals surface area contributed by atoms with Gasteiger partial charge in [-0.05, 0) is 35.9 Å². The fourth-order valence-electron chi connectivity index (χ4n) is 1.74. The van der Waals surface area contributed by atoms with Gasteiger partial charge in [-0.25, -0.2) is 15.0 Å². The Bertz CT molecular complexity index is 817. The second-order valence-corrected chi connectivity index (χ2v) is 4.63. The number of rotatable bonds is 5. The minimum atomic E-state index is -0.711. The lowest BCUT2D eigenvalue weighted by Gasteiger charge is -2.04. The summed E-state index contributed by atoms with van der Waals surface area (Å²) >= 11 is 0. The van der Waals surface area contributed by atoms with E-state index in [1.165, 1.54) is 43.7 Å². The first-order valence-electron chi connectivity index (χ1n) is 6.93. The molecule has 0 atom stereocenters. The maximum Gasteiger partial charge on any atom is 0.427 e. The number of carbonyl (C=O) groups excluding carboxylic acids is 2. The van der Waals surface area contributed by atoms with E-state index in [4.69, 9.17) is 4.74 Å². The summed E-state index contributed by atoms with van der Waals surface area (Å²) in [7, 11) is 1.22. The molecular weight excluding hydrogens is 330 g/mol. The number of hydrazone groups is 1. The maximum atomic E-state index is 12.0. The topological polar surface area (TPSA) is 120 Å². The normalized spacial score (nSPS) is 10.3. The molecule has 0 aliphatic carbocycles. The minimum Gasteiger partial charge on any atom is -0.452 e. The number of non-ortho nitro benzene ring substituents is 1. The molecule has 2 aromatic rings. The van der Waals surface area contributed by atoms with Gasteiger partial charge in [-0.1, -0.05) is 6.07 Å². The number of carbonyl (C=O) groups is 2. The van der Waals surface area contributed by atoms with E-state index in [1.807, 2.05) is 0 Å². The van der Waals surface area contributed by atoms with E-state index in [-0.39, 0.29) is 17.0 Å². The Labute approximate surface area is 142 Å². The summed E-state index contributed by atoms with van der Waals surface area (Å²) in [4.78, 5) is 33.0. The number of esters is 1. The summed E-state index contributed by atoms with van der Waals surface area (Å²) in [5.41, 5.74) is 2.65. The highest BCUT2D eigenvalue weighted by atomic mass is 16.6. The zero-order valence-electron chi connectivity index (χ0n) is 13.0. The van der Waals surface area contributed by atoms with Crippen LogP contribution in [0.15, 0.2) is 53.6 Å². The van der Waals surface area contributed by atoms with Gasteiger partial charge in [0.25, 0.3) is 5.69 Å². The lowest BCUT2D eigenvalue weighted by Crippen LogP contribution is -2.16. The van der Waals surface area contributed by atoms with Crippen molar-refractivity contribution in [3.8, 4) is 5.75 Å². The van der Waals surface area contributed by atoms with E-state index in [9.17, 15) is 19.7 Å². The summed E-state index contributed by atoms with van der Waals surface area (Å²) in [6.07, 6.45) is 0.682. The lowest BCUT2D eigenvalue weighted by molar-refractivity contribution is -0.384. The Morgan fingerprint density at radius 2 is 1.92 bits per heavy atom. The van der Waals surface area contributed by atoms with Crippen LogP contribution in [-0.4, -0.2) is 30.3 Å². The Kier molecular flexibility index (Phi) is 5.77. The van der Waals surface area contributed by atoms with Crippen molar-refractivity contribution in [2.45, 2.75) is 0 Å². The van der Waals surface area contributed by atoms with E-state index in [2.05, 4.69) is 15.3 Å². The number of ether oxygens (including phenoxy) is 2. The number of nitro benzene ring substituents is 1. The average Bonchev–Trinajstić information content (AvgIpc) is 2.63.